The highest BCUT2D eigenvalue weighted by molar-refractivity contribution is 5.51. The van der Waals surface area contributed by atoms with E-state index in [2.05, 4.69) is 24.5 Å². The number of hydrogen-bond donors (Lipinski definition) is 1. The van der Waals surface area contributed by atoms with Crippen LogP contribution in [0.4, 0.5) is 5.69 Å². The maximum Gasteiger partial charge on any atom is 0.0991 e. The largest absolute Gasteiger partial charge is 0.359 e. The van der Waals surface area contributed by atoms with Gasteiger partial charge in [-0.05, 0) is 48.9 Å². The molecule has 86 valence electrons. The normalized spacial score (nSPS) is 22.1. The minimum absolute atomic E-state index is 0.550. The fourth-order valence-electron chi connectivity index (χ4n) is 2.05. The predicted octanol–water partition coefficient (Wildman–Crippen LogP) is 3.70. The summed E-state index contributed by atoms with van der Waals surface area (Å²) in [6, 6.07) is 9.54. The Labute approximate surface area is 102 Å². The molecule has 1 saturated carbocycles. The van der Waals surface area contributed by atoms with Gasteiger partial charge in [0, 0.05) is 11.4 Å². The van der Waals surface area contributed by atoms with E-state index in [4.69, 9.17) is 5.26 Å². The Kier molecular flexibility index (Phi) is 3.30. The highest BCUT2D eigenvalue weighted by atomic mass is 14.9. The summed E-state index contributed by atoms with van der Waals surface area (Å²) in [6.07, 6.45) is 4.31. The molecule has 1 fully saturated rings. The summed E-state index contributed by atoms with van der Waals surface area (Å²) in [5, 5.41) is 12.0. The molecule has 1 aliphatic carbocycles. The van der Waals surface area contributed by atoms with E-state index >= 15 is 0 Å². The van der Waals surface area contributed by atoms with Gasteiger partial charge in [0.1, 0.15) is 0 Å². The van der Waals surface area contributed by atoms with Crippen LogP contribution in [0.3, 0.4) is 0 Å². The second kappa shape index (κ2) is 4.88. The number of nitrogens with one attached hydrogen (secondary N) is 1. The first kappa shape index (κ1) is 11.5. The Hall–Kier alpha value is -2.01. The van der Waals surface area contributed by atoms with Gasteiger partial charge in [0.25, 0.3) is 0 Å². The summed E-state index contributed by atoms with van der Waals surface area (Å²) in [4.78, 5) is 0. The van der Waals surface area contributed by atoms with Gasteiger partial charge in [-0.2, -0.15) is 5.26 Å². The minimum atomic E-state index is 0.550. The molecule has 0 bridgehead atoms. The van der Waals surface area contributed by atoms with E-state index in [-0.39, 0.29) is 0 Å². The molecule has 0 radical (unpaired) electrons. The summed E-state index contributed by atoms with van der Waals surface area (Å²) in [5.74, 6) is 1.20. The predicted molar refractivity (Wildman–Crippen MR) is 70.3 cm³/mol. The molecular formula is C15H16N2. The second-order valence-corrected chi connectivity index (χ2v) is 4.50. The Morgan fingerprint density at radius 2 is 2.00 bits per heavy atom. The molecule has 0 aliphatic heterocycles. The zero-order chi connectivity index (χ0) is 12.3. The fraction of sp³-hybridized carbons (Fsp3) is 0.267. The van der Waals surface area contributed by atoms with Gasteiger partial charge >= 0.3 is 0 Å². The average Bonchev–Trinajstić information content (AvgIpc) is 2.28. The van der Waals surface area contributed by atoms with Crippen LogP contribution in [0, 0.1) is 23.2 Å². The molecule has 2 rings (SSSR count). The third kappa shape index (κ3) is 2.57. The maximum absolute atomic E-state index is 8.70. The lowest BCUT2D eigenvalue weighted by Gasteiger charge is -2.35. The number of nitriles is 1. The van der Waals surface area contributed by atoms with Crippen molar-refractivity contribution in [2.24, 2.45) is 11.8 Å². The third-order valence-corrected chi connectivity index (χ3v) is 3.32. The van der Waals surface area contributed by atoms with Crippen LogP contribution in [0.2, 0.25) is 0 Å². The van der Waals surface area contributed by atoms with E-state index in [0.717, 1.165) is 24.2 Å². The molecule has 17 heavy (non-hydrogen) atoms. The van der Waals surface area contributed by atoms with Gasteiger partial charge < -0.3 is 5.32 Å². The SMILES string of the molecule is C=CC1CC(C(=C)Nc2ccc(C#N)cc2)C1. The van der Waals surface area contributed by atoms with Crippen LogP contribution in [0.25, 0.3) is 0 Å². The lowest BCUT2D eigenvalue weighted by Crippen LogP contribution is -2.26. The first-order valence-corrected chi connectivity index (χ1v) is 5.81. The standard InChI is InChI=1S/C15H16N2/c1-3-12-8-14(9-12)11(2)17-15-6-4-13(10-16)5-7-15/h3-7,12,14,17H,1-2,8-9H2. The molecule has 0 atom stereocenters. The zero-order valence-electron chi connectivity index (χ0n) is 9.82. The highest BCUT2D eigenvalue weighted by Crippen LogP contribution is 2.38. The lowest BCUT2D eigenvalue weighted by molar-refractivity contribution is 0.283. The van der Waals surface area contributed by atoms with Crippen molar-refractivity contribution in [3.05, 3.63) is 54.8 Å². The van der Waals surface area contributed by atoms with Crippen molar-refractivity contribution in [1.82, 2.24) is 0 Å². The van der Waals surface area contributed by atoms with Gasteiger partial charge in [0.05, 0.1) is 11.6 Å². The van der Waals surface area contributed by atoms with Crippen molar-refractivity contribution in [3.63, 3.8) is 0 Å². The van der Waals surface area contributed by atoms with E-state index < -0.39 is 0 Å². The molecule has 0 spiro atoms. The first-order valence-electron chi connectivity index (χ1n) is 5.81. The molecule has 0 unspecified atom stereocenters. The number of anilines is 1. The van der Waals surface area contributed by atoms with Gasteiger partial charge in [-0.15, -0.1) is 6.58 Å². The Balaban J connectivity index is 1.90. The van der Waals surface area contributed by atoms with Gasteiger partial charge in [0.2, 0.25) is 0 Å². The quantitative estimate of drug-likeness (QED) is 0.791. The Morgan fingerprint density at radius 1 is 1.35 bits per heavy atom. The zero-order valence-corrected chi connectivity index (χ0v) is 9.82. The van der Waals surface area contributed by atoms with Crippen molar-refractivity contribution >= 4 is 5.69 Å². The number of hydrogen-bond acceptors (Lipinski definition) is 2. The van der Waals surface area contributed by atoms with Crippen LogP contribution < -0.4 is 5.32 Å². The molecule has 2 nitrogen and oxygen atoms in total. The van der Waals surface area contributed by atoms with Crippen LogP contribution >= 0.6 is 0 Å². The number of rotatable bonds is 4. The molecule has 1 aliphatic rings. The van der Waals surface area contributed by atoms with Crippen molar-refractivity contribution in [1.29, 1.82) is 5.26 Å². The van der Waals surface area contributed by atoms with Crippen molar-refractivity contribution < 1.29 is 0 Å². The lowest BCUT2D eigenvalue weighted by atomic mass is 9.73. The second-order valence-electron chi connectivity index (χ2n) is 4.50. The van der Waals surface area contributed by atoms with E-state index in [1.807, 2.05) is 30.3 Å². The summed E-state index contributed by atoms with van der Waals surface area (Å²) in [6.45, 7) is 7.87. The van der Waals surface area contributed by atoms with Crippen LogP contribution in [0.15, 0.2) is 49.2 Å². The monoisotopic (exact) mass is 224 g/mol. The molecule has 1 aromatic carbocycles. The summed E-state index contributed by atoms with van der Waals surface area (Å²) in [5.41, 5.74) is 2.74. The summed E-state index contributed by atoms with van der Waals surface area (Å²) in [7, 11) is 0. The summed E-state index contributed by atoms with van der Waals surface area (Å²) >= 11 is 0. The maximum atomic E-state index is 8.70. The first-order chi connectivity index (χ1) is 8.22. The van der Waals surface area contributed by atoms with E-state index in [1.54, 1.807) is 0 Å². The Morgan fingerprint density at radius 3 is 2.53 bits per heavy atom. The molecule has 0 heterocycles. The van der Waals surface area contributed by atoms with Crippen molar-refractivity contribution in [2.45, 2.75) is 12.8 Å². The number of benzene rings is 1. The van der Waals surface area contributed by atoms with Gasteiger partial charge in [0.15, 0.2) is 0 Å². The van der Waals surface area contributed by atoms with Crippen LogP contribution in [-0.4, -0.2) is 0 Å². The molecule has 0 amide bonds. The number of allylic oxidation sites excluding steroid dienone is 2. The highest BCUT2D eigenvalue weighted by Gasteiger charge is 2.28. The van der Waals surface area contributed by atoms with Crippen LogP contribution in [0.1, 0.15) is 18.4 Å². The molecular weight excluding hydrogens is 208 g/mol. The van der Waals surface area contributed by atoms with Gasteiger partial charge in [-0.25, -0.2) is 0 Å². The fourth-order valence-corrected chi connectivity index (χ4v) is 2.05. The molecule has 1 aromatic rings. The van der Waals surface area contributed by atoms with Crippen molar-refractivity contribution in [2.75, 3.05) is 5.32 Å². The average molecular weight is 224 g/mol. The minimum Gasteiger partial charge on any atom is -0.359 e. The molecule has 2 heteroatoms. The smallest absolute Gasteiger partial charge is 0.0991 e. The van der Waals surface area contributed by atoms with Gasteiger partial charge in [-0.3, -0.25) is 0 Å². The van der Waals surface area contributed by atoms with Crippen LogP contribution in [0.5, 0.6) is 0 Å². The molecule has 0 saturated heterocycles. The van der Waals surface area contributed by atoms with E-state index in [1.165, 1.54) is 0 Å². The Bertz CT molecular complexity index is 459. The third-order valence-electron chi connectivity index (χ3n) is 3.32. The van der Waals surface area contributed by atoms with Crippen molar-refractivity contribution in [3.8, 4) is 6.07 Å². The van der Waals surface area contributed by atoms with Crippen LogP contribution in [-0.2, 0) is 0 Å². The molecule has 1 N–H and O–H groups in total. The summed E-state index contributed by atoms with van der Waals surface area (Å²) < 4.78 is 0. The van der Waals surface area contributed by atoms with E-state index in [0.29, 0.717) is 17.4 Å². The van der Waals surface area contributed by atoms with Gasteiger partial charge in [-0.1, -0.05) is 12.7 Å². The van der Waals surface area contributed by atoms with E-state index in [9.17, 15) is 0 Å². The number of nitrogens with zero attached hydrogens (tertiary/aromatic N) is 1. The molecule has 0 aromatic heterocycles. The topological polar surface area (TPSA) is 35.8 Å².